The third-order valence-electron chi connectivity index (χ3n) is 5.23. The molecule has 0 aliphatic heterocycles. The summed E-state index contributed by atoms with van der Waals surface area (Å²) in [6, 6.07) is 16.9. The van der Waals surface area contributed by atoms with Crippen molar-refractivity contribution in [2.24, 2.45) is 0 Å². The monoisotopic (exact) mass is 534 g/mol. The lowest BCUT2D eigenvalue weighted by Crippen LogP contribution is -2.32. The zero-order chi connectivity index (χ0) is 25.2. The summed E-state index contributed by atoms with van der Waals surface area (Å²) in [7, 11) is 0. The molecule has 0 spiro atoms. The summed E-state index contributed by atoms with van der Waals surface area (Å²) in [6.07, 6.45) is 2.93. The Hall–Kier alpha value is -3.86. The predicted octanol–water partition coefficient (Wildman–Crippen LogP) is 5.91. The van der Waals surface area contributed by atoms with Gasteiger partial charge in [-0.25, -0.2) is 0 Å². The maximum Gasteiger partial charge on any atom is 0.250 e. The third kappa shape index (κ3) is 5.20. The Bertz CT molecular complexity index is 1630. The number of hydrogen-bond acceptors (Lipinski definition) is 7. The van der Waals surface area contributed by atoms with Gasteiger partial charge >= 0.3 is 0 Å². The van der Waals surface area contributed by atoms with Gasteiger partial charge in [-0.3, -0.25) is 10.1 Å². The number of carbonyl (C=O) groups is 1. The van der Waals surface area contributed by atoms with Crippen LogP contribution in [0.3, 0.4) is 0 Å². The second-order valence-corrected chi connectivity index (χ2v) is 9.64. The summed E-state index contributed by atoms with van der Waals surface area (Å²) in [4.78, 5) is 13.1. The third-order valence-corrected chi connectivity index (χ3v) is 6.79. The molecule has 0 aliphatic carbocycles. The fourth-order valence-corrected chi connectivity index (χ4v) is 4.66. The lowest BCUT2D eigenvalue weighted by Gasteiger charge is -2.09. The number of benzene rings is 2. The fourth-order valence-electron chi connectivity index (χ4n) is 3.38. The van der Waals surface area contributed by atoms with Crippen LogP contribution in [0, 0.1) is 13.8 Å². The number of aryl methyl sites for hydroxylation is 2. The summed E-state index contributed by atoms with van der Waals surface area (Å²) >= 11 is 12.9. The molecule has 0 bridgehead atoms. The molecule has 8 nitrogen and oxygen atoms in total. The summed E-state index contributed by atoms with van der Waals surface area (Å²) in [5.41, 5.74) is 3.47. The van der Waals surface area contributed by atoms with Gasteiger partial charge in [0.25, 0.3) is 0 Å². The molecule has 3 aromatic heterocycles. The number of rotatable bonds is 5. The minimum absolute atomic E-state index is 0.171. The molecule has 0 radical (unpaired) electrons. The Morgan fingerprint density at radius 1 is 1.11 bits per heavy atom. The first-order valence-electron chi connectivity index (χ1n) is 10.8. The van der Waals surface area contributed by atoms with Crippen LogP contribution < -0.4 is 10.6 Å². The smallest absolute Gasteiger partial charge is 0.250 e. The Morgan fingerprint density at radius 2 is 1.97 bits per heavy atom. The van der Waals surface area contributed by atoms with Gasteiger partial charge < -0.3 is 9.73 Å². The molecule has 1 amide bonds. The lowest BCUT2D eigenvalue weighted by atomic mass is 10.1. The zero-order valence-electron chi connectivity index (χ0n) is 19.2. The Kier molecular flexibility index (Phi) is 6.64. The van der Waals surface area contributed by atoms with E-state index in [4.69, 9.17) is 28.2 Å². The van der Waals surface area contributed by atoms with Crippen molar-refractivity contribution in [3.8, 4) is 21.9 Å². The summed E-state index contributed by atoms with van der Waals surface area (Å²) in [6.45, 7) is 3.79. The van der Waals surface area contributed by atoms with Crippen molar-refractivity contribution >= 4 is 62.9 Å². The first-order valence-corrected chi connectivity index (χ1v) is 12.4. The number of thiocarbonyl (C=S) groups is 1. The van der Waals surface area contributed by atoms with Crippen LogP contribution in [0.25, 0.3) is 32.9 Å². The number of fused-ring (bicyclic) bond motifs is 1. The molecule has 0 saturated heterocycles. The Labute approximate surface area is 220 Å². The van der Waals surface area contributed by atoms with Crippen molar-refractivity contribution in [2.45, 2.75) is 13.8 Å². The molecule has 11 heteroatoms. The second kappa shape index (κ2) is 10.0. The van der Waals surface area contributed by atoms with E-state index < -0.39 is 0 Å². The van der Waals surface area contributed by atoms with Crippen LogP contribution in [0.1, 0.15) is 17.1 Å². The van der Waals surface area contributed by atoms with Crippen molar-refractivity contribution < 1.29 is 9.21 Å². The van der Waals surface area contributed by atoms with Gasteiger partial charge in [0.2, 0.25) is 10.9 Å². The van der Waals surface area contributed by atoms with Gasteiger partial charge in [-0.05, 0) is 68.0 Å². The van der Waals surface area contributed by atoms with E-state index in [-0.39, 0.29) is 11.0 Å². The number of nitrogens with zero attached hydrogens (tertiary/aromatic N) is 4. The SMILES string of the molecule is Cc1ccc(-c2ccc(/C=C/C(=O)NC(=S)Nc3cccc(-c4nn5c(C)nnc5s4)c3)o2)cc1Cl. The number of furan rings is 1. The number of amides is 1. The van der Waals surface area contributed by atoms with E-state index in [2.05, 4.69) is 25.9 Å². The van der Waals surface area contributed by atoms with Crippen LogP contribution in [-0.4, -0.2) is 30.8 Å². The van der Waals surface area contributed by atoms with E-state index >= 15 is 0 Å². The Morgan fingerprint density at radius 3 is 2.78 bits per heavy atom. The molecule has 36 heavy (non-hydrogen) atoms. The number of aromatic nitrogens is 4. The number of nitrogens with one attached hydrogen (secondary N) is 2. The van der Waals surface area contributed by atoms with Gasteiger partial charge in [-0.1, -0.05) is 47.2 Å². The highest BCUT2D eigenvalue weighted by atomic mass is 35.5. The van der Waals surface area contributed by atoms with Crippen LogP contribution >= 0.6 is 35.2 Å². The molecular weight excluding hydrogens is 516 g/mol. The standard InChI is InChI=1S/C25H19ClN6O2S2/c1-14-6-7-16(13-20(14)26)21-10-8-19(34-21)9-11-22(33)28-24(35)27-18-5-3-4-17(12-18)23-31-32-15(2)29-30-25(32)36-23/h3-13H,1-2H3,(H2,27,28,33,35)/b11-9+. The van der Waals surface area contributed by atoms with Crippen LogP contribution in [-0.2, 0) is 4.79 Å². The summed E-state index contributed by atoms with van der Waals surface area (Å²) in [5, 5.41) is 20.0. The average Bonchev–Trinajstić information content (AvgIpc) is 3.57. The minimum Gasteiger partial charge on any atom is -0.457 e. The summed E-state index contributed by atoms with van der Waals surface area (Å²) in [5.74, 6) is 1.53. The van der Waals surface area contributed by atoms with Crippen LogP contribution in [0.4, 0.5) is 5.69 Å². The van der Waals surface area contributed by atoms with Crippen molar-refractivity contribution in [2.75, 3.05) is 5.32 Å². The molecule has 2 aromatic carbocycles. The molecule has 0 atom stereocenters. The van der Waals surface area contributed by atoms with Crippen molar-refractivity contribution in [1.82, 2.24) is 25.1 Å². The van der Waals surface area contributed by atoms with Crippen LogP contribution in [0.2, 0.25) is 5.02 Å². The van der Waals surface area contributed by atoms with E-state index in [9.17, 15) is 4.79 Å². The normalized spacial score (nSPS) is 11.3. The maximum absolute atomic E-state index is 12.4. The molecule has 0 unspecified atom stereocenters. The number of halogens is 1. The predicted molar refractivity (Wildman–Crippen MR) is 146 cm³/mol. The van der Waals surface area contributed by atoms with Gasteiger partial charge in [-0.15, -0.1) is 10.2 Å². The first kappa shape index (κ1) is 23.9. The van der Waals surface area contributed by atoms with E-state index in [1.165, 1.54) is 17.4 Å². The highest BCUT2D eigenvalue weighted by Gasteiger charge is 2.11. The molecular formula is C25H19ClN6O2S2. The molecule has 2 N–H and O–H groups in total. The molecule has 5 rings (SSSR count). The molecule has 180 valence electrons. The number of anilines is 1. The molecule has 3 heterocycles. The first-order chi connectivity index (χ1) is 17.4. The van der Waals surface area contributed by atoms with Crippen molar-refractivity contribution in [3.63, 3.8) is 0 Å². The van der Waals surface area contributed by atoms with E-state index in [1.54, 1.807) is 16.7 Å². The quantitative estimate of drug-likeness (QED) is 0.214. The summed E-state index contributed by atoms with van der Waals surface area (Å²) < 4.78 is 7.51. The van der Waals surface area contributed by atoms with Gasteiger partial charge in [0.05, 0.1) is 0 Å². The lowest BCUT2D eigenvalue weighted by molar-refractivity contribution is -0.115. The van der Waals surface area contributed by atoms with E-state index in [1.807, 2.05) is 62.4 Å². The van der Waals surface area contributed by atoms with Gasteiger partial charge in [-0.2, -0.15) is 9.61 Å². The minimum atomic E-state index is -0.385. The molecule has 5 aromatic rings. The Balaban J connectivity index is 1.20. The number of hydrogen-bond donors (Lipinski definition) is 2. The molecule has 0 saturated carbocycles. The van der Waals surface area contributed by atoms with Crippen LogP contribution in [0.5, 0.6) is 0 Å². The van der Waals surface area contributed by atoms with Crippen molar-refractivity contribution in [3.05, 3.63) is 82.8 Å². The largest absolute Gasteiger partial charge is 0.457 e. The van der Waals surface area contributed by atoms with Gasteiger partial charge in [0, 0.05) is 27.9 Å². The van der Waals surface area contributed by atoms with Gasteiger partial charge in [0.1, 0.15) is 16.5 Å². The van der Waals surface area contributed by atoms with Gasteiger partial charge in [0.15, 0.2) is 10.9 Å². The number of carbonyl (C=O) groups excluding carboxylic acids is 1. The van der Waals surface area contributed by atoms with Crippen LogP contribution in [0.15, 0.2) is 65.1 Å². The van der Waals surface area contributed by atoms with E-state index in [0.29, 0.717) is 16.5 Å². The maximum atomic E-state index is 12.4. The highest BCUT2D eigenvalue weighted by molar-refractivity contribution is 7.80. The second-order valence-electron chi connectivity index (χ2n) is 7.87. The molecule has 0 aliphatic rings. The zero-order valence-corrected chi connectivity index (χ0v) is 21.5. The molecule has 0 fully saturated rings. The topological polar surface area (TPSA) is 97.4 Å². The van der Waals surface area contributed by atoms with Crippen molar-refractivity contribution in [1.29, 1.82) is 0 Å². The van der Waals surface area contributed by atoms with E-state index in [0.717, 1.165) is 38.2 Å². The highest BCUT2D eigenvalue weighted by Crippen LogP contribution is 2.28. The fraction of sp³-hybridized carbons (Fsp3) is 0.0800. The average molecular weight is 535 g/mol.